The lowest BCUT2D eigenvalue weighted by molar-refractivity contribution is 0.101. The second kappa shape index (κ2) is 6.09. The number of ketones is 1. The average molecular weight is 327 g/mol. The molecule has 24 heavy (non-hydrogen) atoms. The van der Waals surface area contributed by atoms with Gasteiger partial charge in [0.2, 0.25) is 5.78 Å². The van der Waals surface area contributed by atoms with E-state index >= 15 is 0 Å². The molecule has 0 saturated heterocycles. The number of Topliss-reactive ketones (excluding diaryl/α,β-unsaturated/α-hetero) is 1. The number of aromatic hydroxyl groups is 1. The molecule has 1 aliphatic rings. The fourth-order valence-electron chi connectivity index (χ4n) is 2.76. The Morgan fingerprint density at radius 1 is 1.25 bits per heavy atom. The lowest BCUT2D eigenvalue weighted by Gasteiger charge is -2.15. The van der Waals surface area contributed by atoms with Crippen LogP contribution >= 0.6 is 0 Å². The molecule has 124 valence electrons. The van der Waals surface area contributed by atoms with Crippen LogP contribution in [-0.4, -0.2) is 29.9 Å². The highest BCUT2D eigenvalue weighted by Gasteiger charge is 2.33. The first-order valence-corrected chi connectivity index (χ1v) is 7.57. The molecule has 2 aromatic carbocycles. The Morgan fingerprint density at radius 2 is 1.92 bits per heavy atom. The minimum atomic E-state index is -0.340. The second-order valence-electron chi connectivity index (χ2n) is 6.12. The molecule has 1 heterocycles. The molecular formula is C19H18FNO3. The highest BCUT2D eigenvalue weighted by Crippen LogP contribution is 2.42. The van der Waals surface area contributed by atoms with E-state index in [1.165, 1.54) is 12.1 Å². The molecule has 0 atom stereocenters. The number of allylic oxidation sites excluding steroid dienone is 1. The van der Waals surface area contributed by atoms with Crippen molar-refractivity contribution in [2.24, 2.45) is 0 Å². The van der Waals surface area contributed by atoms with Crippen molar-refractivity contribution in [2.45, 2.75) is 13.5 Å². The summed E-state index contributed by atoms with van der Waals surface area (Å²) in [6.45, 7) is 2.21. The molecule has 0 spiro atoms. The number of rotatable bonds is 3. The smallest absolute Gasteiger partial charge is 0.232 e. The van der Waals surface area contributed by atoms with Crippen molar-refractivity contribution in [2.75, 3.05) is 14.1 Å². The van der Waals surface area contributed by atoms with Crippen molar-refractivity contribution in [3.8, 4) is 11.5 Å². The van der Waals surface area contributed by atoms with Gasteiger partial charge in [-0.1, -0.05) is 12.1 Å². The van der Waals surface area contributed by atoms with Crippen LogP contribution in [0.15, 0.2) is 36.1 Å². The molecule has 1 N–H and O–H groups in total. The summed E-state index contributed by atoms with van der Waals surface area (Å²) in [6, 6.07) is 7.39. The van der Waals surface area contributed by atoms with E-state index in [1.54, 1.807) is 31.2 Å². The van der Waals surface area contributed by atoms with Crippen LogP contribution in [0.25, 0.3) is 6.08 Å². The lowest BCUT2D eigenvalue weighted by Crippen LogP contribution is -2.12. The van der Waals surface area contributed by atoms with Gasteiger partial charge in [0.15, 0.2) is 5.76 Å². The molecule has 0 fully saturated rings. The number of phenolic OH excluding ortho intramolecular Hbond substituents is 1. The van der Waals surface area contributed by atoms with Gasteiger partial charge in [0.05, 0.1) is 11.1 Å². The summed E-state index contributed by atoms with van der Waals surface area (Å²) in [5.41, 5.74) is 2.38. The first-order valence-electron chi connectivity index (χ1n) is 7.57. The Balaban J connectivity index is 2.06. The van der Waals surface area contributed by atoms with Crippen LogP contribution < -0.4 is 4.74 Å². The van der Waals surface area contributed by atoms with Gasteiger partial charge in [-0.3, -0.25) is 4.79 Å². The first-order chi connectivity index (χ1) is 11.4. The summed E-state index contributed by atoms with van der Waals surface area (Å²) in [4.78, 5) is 14.6. The monoisotopic (exact) mass is 327 g/mol. The molecule has 0 radical (unpaired) electrons. The number of fused-ring (bicyclic) bond motifs is 1. The van der Waals surface area contributed by atoms with Crippen molar-refractivity contribution in [3.05, 3.63) is 64.2 Å². The summed E-state index contributed by atoms with van der Waals surface area (Å²) in [7, 11) is 3.75. The number of carbonyl (C=O) groups excluding carboxylic acids is 1. The van der Waals surface area contributed by atoms with E-state index < -0.39 is 0 Å². The quantitative estimate of drug-likeness (QED) is 0.877. The van der Waals surface area contributed by atoms with E-state index in [0.717, 1.165) is 0 Å². The van der Waals surface area contributed by atoms with E-state index in [-0.39, 0.29) is 23.1 Å². The Bertz CT molecular complexity index is 839. The molecule has 0 unspecified atom stereocenters. The molecule has 3 rings (SSSR count). The zero-order valence-corrected chi connectivity index (χ0v) is 13.8. The first kappa shape index (κ1) is 16.2. The van der Waals surface area contributed by atoms with Crippen molar-refractivity contribution in [3.63, 3.8) is 0 Å². The van der Waals surface area contributed by atoms with E-state index in [1.807, 2.05) is 19.0 Å². The topological polar surface area (TPSA) is 49.8 Å². The third kappa shape index (κ3) is 2.90. The summed E-state index contributed by atoms with van der Waals surface area (Å²) in [5.74, 6) is 0.112. The SMILES string of the molecule is Cc1cc(O)c(CN(C)C)c2c1C(=O)/C(=C/c1ccc(F)cc1)O2. The van der Waals surface area contributed by atoms with Crippen LogP contribution in [0.5, 0.6) is 11.5 Å². The molecule has 5 heteroatoms. The number of halogens is 1. The van der Waals surface area contributed by atoms with Crippen molar-refractivity contribution >= 4 is 11.9 Å². The van der Waals surface area contributed by atoms with Crippen molar-refractivity contribution < 1.29 is 19.0 Å². The molecule has 0 bridgehead atoms. The van der Waals surface area contributed by atoms with Gasteiger partial charge in [0.1, 0.15) is 17.3 Å². The van der Waals surface area contributed by atoms with E-state index in [4.69, 9.17) is 4.74 Å². The molecular weight excluding hydrogens is 309 g/mol. The maximum absolute atomic E-state index is 13.0. The highest BCUT2D eigenvalue weighted by molar-refractivity contribution is 6.15. The average Bonchev–Trinajstić information content (AvgIpc) is 2.83. The van der Waals surface area contributed by atoms with Crippen LogP contribution in [0, 0.1) is 12.7 Å². The zero-order valence-electron chi connectivity index (χ0n) is 13.8. The minimum Gasteiger partial charge on any atom is -0.507 e. The Hall–Kier alpha value is -2.66. The van der Waals surface area contributed by atoms with Gasteiger partial charge in [-0.05, 0) is 56.4 Å². The number of benzene rings is 2. The molecule has 0 aliphatic carbocycles. The summed E-state index contributed by atoms with van der Waals surface area (Å²) >= 11 is 0. The van der Waals surface area contributed by atoms with Gasteiger partial charge in [0, 0.05) is 6.54 Å². The van der Waals surface area contributed by atoms with E-state index in [9.17, 15) is 14.3 Å². The summed E-state index contributed by atoms with van der Waals surface area (Å²) in [6.07, 6.45) is 1.58. The Kier molecular flexibility index (Phi) is 4.11. The number of carbonyl (C=O) groups is 1. The predicted octanol–water partition coefficient (Wildman–Crippen LogP) is 3.52. The second-order valence-corrected chi connectivity index (χ2v) is 6.12. The maximum Gasteiger partial charge on any atom is 0.232 e. The van der Waals surface area contributed by atoms with Gasteiger partial charge in [-0.2, -0.15) is 0 Å². The minimum absolute atomic E-state index is 0.107. The third-order valence-corrected chi connectivity index (χ3v) is 3.86. The van der Waals surface area contributed by atoms with Gasteiger partial charge in [-0.25, -0.2) is 4.39 Å². The van der Waals surface area contributed by atoms with Crippen LogP contribution in [0.2, 0.25) is 0 Å². The number of nitrogens with zero attached hydrogens (tertiary/aromatic N) is 1. The van der Waals surface area contributed by atoms with Crippen LogP contribution in [0.3, 0.4) is 0 Å². The van der Waals surface area contributed by atoms with Gasteiger partial charge < -0.3 is 14.7 Å². The van der Waals surface area contributed by atoms with E-state index in [0.29, 0.717) is 34.5 Å². The van der Waals surface area contributed by atoms with Gasteiger partial charge >= 0.3 is 0 Å². The molecule has 0 aromatic heterocycles. The van der Waals surface area contributed by atoms with Crippen LogP contribution in [0.1, 0.15) is 27.0 Å². The molecule has 4 nitrogen and oxygen atoms in total. The molecule has 0 amide bonds. The number of hydrogen-bond acceptors (Lipinski definition) is 4. The largest absolute Gasteiger partial charge is 0.507 e. The Morgan fingerprint density at radius 3 is 2.54 bits per heavy atom. The van der Waals surface area contributed by atoms with E-state index in [2.05, 4.69) is 0 Å². The summed E-state index contributed by atoms with van der Waals surface area (Å²) in [5, 5.41) is 10.2. The molecule has 1 aliphatic heterocycles. The third-order valence-electron chi connectivity index (χ3n) is 3.86. The van der Waals surface area contributed by atoms with Gasteiger partial charge in [-0.15, -0.1) is 0 Å². The number of hydrogen-bond donors (Lipinski definition) is 1. The van der Waals surface area contributed by atoms with Crippen LogP contribution in [0.4, 0.5) is 4.39 Å². The Labute approximate surface area is 139 Å². The fraction of sp³-hybridized carbons (Fsp3) is 0.211. The summed E-state index contributed by atoms with van der Waals surface area (Å²) < 4.78 is 18.8. The normalized spacial score (nSPS) is 15.0. The zero-order chi connectivity index (χ0) is 17.4. The van der Waals surface area contributed by atoms with Gasteiger partial charge in [0.25, 0.3) is 0 Å². The maximum atomic E-state index is 13.0. The van der Waals surface area contributed by atoms with Crippen LogP contribution in [-0.2, 0) is 6.54 Å². The van der Waals surface area contributed by atoms with Crippen molar-refractivity contribution in [1.29, 1.82) is 0 Å². The fourth-order valence-corrected chi connectivity index (χ4v) is 2.76. The molecule has 0 saturated carbocycles. The van der Waals surface area contributed by atoms with Crippen molar-refractivity contribution in [1.82, 2.24) is 4.90 Å². The highest BCUT2D eigenvalue weighted by atomic mass is 19.1. The number of phenols is 1. The number of aryl methyl sites for hydroxylation is 1. The molecule has 2 aromatic rings. The lowest BCUT2D eigenvalue weighted by atomic mass is 9.99. The predicted molar refractivity (Wildman–Crippen MR) is 89.6 cm³/mol. The standard InChI is InChI=1S/C19H18FNO3/c1-11-8-15(22)14(10-21(2)3)19-17(11)18(23)16(24-19)9-12-4-6-13(20)7-5-12/h4-9,22H,10H2,1-3H3/b16-9-. The number of ether oxygens (including phenoxy) is 1.